The fraction of sp³-hybridized carbons (Fsp3) is 0.978. The summed E-state index contributed by atoms with van der Waals surface area (Å²) in [5.74, 6) is -1.72. The molecule has 0 radical (unpaired) electrons. The van der Waals surface area contributed by atoms with Crippen LogP contribution in [0.15, 0.2) is 0 Å². The standard InChI is InChI=1S/2C45H91NO2.Ca/c2*1-4-7-9-11-13-15-17-19-21-23-25-27-29-31-33-35-37-39-42-46(44(41-6-3)45(47)48)43-40-38-36-34-32-30-28-26-24-22-20-18-16-14-12-10-8-5-2;/h2*44H,4-43H2,1-3H3,(H,47,48);/q;;+2/p-2. The van der Waals surface area contributed by atoms with E-state index in [1.54, 1.807) is 0 Å². The van der Waals surface area contributed by atoms with Crippen molar-refractivity contribution < 1.29 is 19.8 Å². The molecule has 0 aromatic carbocycles. The minimum absolute atomic E-state index is 0. The Kier molecular flexibility index (Phi) is 94.3. The fourth-order valence-electron chi connectivity index (χ4n) is 15.2. The van der Waals surface area contributed by atoms with Gasteiger partial charge in [0.25, 0.3) is 0 Å². The maximum atomic E-state index is 12.0. The number of unbranched alkanes of at least 4 members (excludes halogenated alkanes) is 68. The van der Waals surface area contributed by atoms with Crippen molar-refractivity contribution >= 4 is 49.7 Å². The van der Waals surface area contributed by atoms with Crippen LogP contribution in [0, 0.1) is 0 Å². The summed E-state index contributed by atoms with van der Waals surface area (Å²) in [6.07, 6.45) is 103. The molecule has 0 bridgehead atoms. The van der Waals surface area contributed by atoms with E-state index in [1.165, 1.54) is 437 Å². The zero-order valence-corrected chi connectivity index (χ0v) is 70.2. The third-order valence-corrected chi connectivity index (χ3v) is 21.7. The minimum Gasteiger partial charge on any atom is -0.548 e. The van der Waals surface area contributed by atoms with Gasteiger partial charge in [-0.25, -0.2) is 0 Å². The van der Waals surface area contributed by atoms with Crippen LogP contribution in [-0.2, 0) is 9.59 Å². The van der Waals surface area contributed by atoms with E-state index in [1.807, 2.05) is 0 Å². The average Bonchev–Trinajstić information content (AvgIpc) is 2.38. The molecule has 97 heavy (non-hydrogen) atoms. The minimum atomic E-state index is -0.860. The molecule has 0 saturated heterocycles. The summed E-state index contributed by atoms with van der Waals surface area (Å²) in [7, 11) is 0. The summed E-state index contributed by atoms with van der Waals surface area (Å²) < 4.78 is 0. The van der Waals surface area contributed by atoms with Gasteiger partial charge in [-0.1, -0.05) is 491 Å². The molecule has 0 N–H and O–H groups in total. The van der Waals surface area contributed by atoms with Crippen LogP contribution < -0.4 is 10.2 Å². The number of carbonyl (C=O) groups is 2. The van der Waals surface area contributed by atoms with Crippen LogP contribution in [0.3, 0.4) is 0 Å². The number of hydrogen-bond donors (Lipinski definition) is 0. The molecule has 0 aliphatic rings. The van der Waals surface area contributed by atoms with Crippen LogP contribution >= 0.6 is 0 Å². The van der Waals surface area contributed by atoms with E-state index in [0.717, 1.165) is 77.5 Å². The molecular formula is C90H180CaN2O4. The SMILES string of the molecule is CCCCCCCCCCCCCCCCCCCCN(CCCCCCCCCCCCCCCCCCCC)C(CCC)C(=O)[O-].CCCCCCCCCCCCCCCCCCCCN(CCCCCCCCCCCCCCCCCCCC)C(CCC)C(=O)[O-].[Ca+2]. The molecule has 0 aromatic rings. The zero-order valence-electron chi connectivity index (χ0n) is 68.0. The Balaban J connectivity index is -0.00000180. The normalized spacial score (nSPS) is 12.2. The largest absolute Gasteiger partial charge is 2.00 e. The first-order chi connectivity index (χ1) is 47.3. The Bertz CT molecular complexity index is 1250. The van der Waals surface area contributed by atoms with Gasteiger partial charge in [0.05, 0.1) is 11.9 Å². The van der Waals surface area contributed by atoms with Gasteiger partial charge in [0.15, 0.2) is 0 Å². The maximum absolute atomic E-state index is 12.0. The summed E-state index contributed by atoms with van der Waals surface area (Å²) in [4.78, 5) is 28.4. The fourth-order valence-corrected chi connectivity index (χ4v) is 15.2. The molecule has 0 aliphatic heterocycles. The van der Waals surface area contributed by atoms with E-state index >= 15 is 0 Å². The Labute approximate surface area is 642 Å². The van der Waals surface area contributed by atoms with Gasteiger partial charge in [-0.05, 0) is 64.7 Å². The summed E-state index contributed by atoms with van der Waals surface area (Å²) in [5, 5.41) is 23.9. The second kappa shape index (κ2) is 90.3. The Morgan fingerprint density at radius 1 is 0.186 bits per heavy atom. The van der Waals surface area contributed by atoms with Crippen molar-refractivity contribution in [2.75, 3.05) is 26.2 Å². The number of carboxylic acid groups (broad SMARTS) is 2. The van der Waals surface area contributed by atoms with Crippen LogP contribution in [0.25, 0.3) is 0 Å². The van der Waals surface area contributed by atoms with Crippen molar-refractivity contribution in [3.63, 3.8) is 0 Å². The molecule has 576 valence electrons. The molecule has 0 saturated carbocycles. The van der Waals surface area contributed by atoms with Crippen molar-refractivity contribution in [1.29, 1.82) is 0 Å². The van der Waals surface area contributed by atoms with Gasteiger partial charge >= 0.3 is 37.7 Å². The van der Waals surface area contributed by atoms with E-state index in [0.29, 0.717) is 0 Å². The molecule has 0 fully saturated rings. The summed E-state index contributed by atoms with van der Waals surface area (Å²) >= 11 is 0. The van der Waals surface area contributed by atoms with Crippen LogP contribution in [0.5, 0.6) is 0 Å². The Morgan fingerprint density at radius 2 is 0.289 bits per heavy atom. The van der Waals surface area contributed by atoms with Gasteiger partial charge in [-0.2, -0.15) is 0 Å². The van der Waals surface area contributed by atoms with Gasteiger partial charge in [-0.15, -0.1) is 0 Å². The van der Waals surface area contributed by atoms with Crippen molar-refractivity contribution in [1.82, 2.24) is 9.80 Å². The van der Waals surface area contributed by atoms with Crippen molar-refractivity contribution in [3.8, 4) is 0 Å². The molecule has 0 aromatic heterocycles. The number of carboxylic acids is 2. The molecule has 7 heteroatoms. The average molecular weight is 1390 g/mol. The van der Waals surface area contributed by atoms with Crippen LogP contribution in [-0.4, -0.2) is 97.7 Å². The predicted octanol–water partition coefficient (Wildman–Crippen LogP) is 28.2. The van der Waals surface area contributed by atoms with Crippen LogP contribution in [0.1, 0.15) is 530 Å². The summed E-state index contributed by atoms with van der Waals surface area (Å²) in [5.41, 5.74) is 0. The number of nitrogens with zero attached hydrogens (tertiary/aromatic N) is 2. The van der Waals surface area contributed by atoms with E-state index in [4.69, 9.17) is 0 Å². The second-order valence-electron chi connectivity index (χ2n) is 31.4. The van der Waals surface area contributed by atoms with Crippen LogP contribution in [0.2, 0.25) is 0 Å². The molecule has 0 heterocycles. The van der Waals surface area contributed by atoms with Gasteiger partial charge < -0.3 is 19.8 Å². The molecule has 6 nitrogen and oxygen atoms in total. The number of rotatable bonds is 84. The van der Waals surface area contributed by atoms with Gasteiger partial charge in [0.1, 0.15) is 0 Å². The molecular weight excluding hydrogens is 1210 g/mol. The first kappa shape index (κ1) is 101. The monoisotopic (exact) mass is 1390 g/mol. The number of carbonyl (C=O) groups excluding carboxylic acids is 2. The Hall–Kier alpha value is 0.120. The maximum Gasteiger partial charge on any atom is 2.00 e. The number of hydrogen-bond acceptors (Lipinski definition) is 6. The molecule has 0 spiro atoms. The molecule has 0 rings (SSSR count). The van der Waals surface area contributed by atoms with Crippen molar-refractivity contribution in [2.45, 2.75) is 542 Å². The first-order valence-electron chi connectivity index (χ1n) is 45.2. The van der Waals surface area contributed by atoms with E-state index < -0.39 is 24.0 Å². The van der Waals surface area contributed by atoms with E-state index in [9.17, 15) is 19.8 Å². The third kappa shape index (κ3) is 81.6. The van der Waals surface area contributed by atoms with E-state index in [-0.39, 0.29) is 37.7 Å². The summed E-state index contributed by atoms with van der Waals surface area (Å²) in [6.45, 7) is 17.1. The predicted molar refractivity (Wildman–Crippen MR) is 431 cm³/mol. The molecule has 0 aliphatic carbocycles. The van der Waals surface area contributed by atoms with Gasteiger partial charge in [-0.3, -0.25) is 9.80 Å². The third-order valence-electron chi connectivity index (χ3n) is 21.7. The van der Waals surface area contributed by atoms with Gasteiger partial charge in [0.2, 0.25) is 0 Å². The second-order valence-corrected chi connectivity index (χ2v) is 31.4. The molecule has 2 atom stereocenters. The topological polar surface area (TPSA) is 86.7 Å². The first-order valence-corrected chi connectivity index (χ1v) is 45.2. The number of aliphatic carboxylic acids is 2. The van der Waals surface area contributed by atoms with Crippen molar-refractivity contribution in [3.05, 3.63) is 0 Å². The smallest absolute Gasteiger partial charge is 0.548 e. The van der Waals surface area contributed by atoms with Crippen LogP contribution in [0.4, 0.5) is 0 Å². The summed E-state index contributed by atoms with van der Waals surface area (Å²) in [6, 6.07) is -0.793. The zero-order chi connectivity index (χ0) is 70.0. The molecule has 2 unspecified atom stereocenters. The quantitative estimate of drug-likeness (QED) is 0.0445. The Morgan fingerprint density at radius 3 is 0.381 bits per heavy atom. The van der Waals surface area contributed by atoms with E-state index in [2.05, 4.69) is 51.3 Å². The van der Waals surface area contributed by atoms with Crippen molar-refractivity contribution in [2.24, 2.45) is 0 Å². The van der Waals surface area contributed by atoms with Gasteiger partial charge in [0, 0.05) is 12.1 Å². The molecule has 0 amide bonds.